The van der Waals surface area contributed by atoms with Gasteiger partial charge in [-0.3, -0.25) is 9.13 Å². The minimum Gasteiger partial charge on any atom is -0.477 e. The van der Waals surface area contributed by atoms with Gasteiger partial charge in [-0.15, -0.1) is 0 Å². The lowest BCUT2D eigenvalue weighted by molar-refractivity contribution is 0.0689. The Hall–Kier alpha value is -4.01. The standard InChI is InChI=1S/C21H20N6O3/c1-12-7-13(9-22-18(12)20(28)29)19-23-10-15(11-24-19)25(2)14-5-6-16-17(8-14)27(4)21(30)26(16)3/h5-11H,1-4H3,(H,28,29). The number of nitrogens with zero attached hydrogens (tertiary/aromatic N) is 6. The normalized spacial score (nSPS) is 11.1. The van der Waals surface area contributed by atoms with Crippen molar-refractivity contribution in [1.29, 1.82) is 0 Å². The van der Waals surface area contributed by atoms with Crippen molar-refractivity contribution in [2.45, 2.75) is 6.92 Å². The van der Waals surface area contributed by atoms with Crippen LogP contribution in [-0.4, -0.2) is 42.2 Å². The van der Waals surface area contributed by atoms with Gasteiger partial charge >= 0.3 is 11.7 Å². The second kappa shape index (κ2) is 7.11. The molecule has 152 valence electrons. The summed E-state index contributed by atoms with van der Waals surface area (Å²) in [6.45, 7) is 1.69. The van der Waals surface area contributed by atoms with Gasteiger partial charge in [-0.2, -0.15) is 0 Å². The highest BCUT2D eigenvalue weighted by Crippen LogP contribution is 2.27. The summed E-state index contributed by atoms with van der Waals surface area (Å²) in [6, 6.07) is 7.51. The van der Waals surface area contributed by atoms with Gasteiger partial charge in [0.15, 0.2) is 11.5 Å². The first-order valence-electron chi connectivity index (χ1n) is 9.19. The molecule has 9 nitrogen and oxygen atoms in total. The number of aryl methyl sites for hydroxylation is 3. The van der Waals surface area contributed by atoms with E-state index in [1.165, 1.54) is 6.20 Å². The van der Waals surface area contributed by atoms with E-state index >= 15 is 0 Å². The number of rotatable bonds is 4. The summed E-state index contributed by atoms with van der Waals surface area (Å²) in [5, 5.41) is 9.11. The molecule has 0 fully saturated rings. The summed E-state index contributed by atoms with van der Waals surface area (Å²) in [6.07, 6.45) is 4.84. The fourth-order valence-electron chi connectivity index (χ4n) is 3.42. The van der Waals surface area contributed by atoms with Crippen molar-refractivity contribution in [1.82, 2.24) is 24.1 Å². The third-order valence-electron chi connectivity index (χ3n) is 5.21. The molecular formula is C21H20N6O3. The molecule has 1 N–H and O–H groups in total. The minimum absolute atomic E-state index is 0.0146. The number of carboxylic acids is 1. The third-order valence-corrected chi connectivity index (χ3v) is 5.21. The molecule has 4 rings (SSSR count). The zero-order valence-corrected chi connectivity index (χ0v) is 17.0. The summed E-state index contributed by atoms with van der Waals surface area (Å²) in [5.74, 6) is -0.606. The van der Waals surface area contributed by atoms with Crippen LogP contribution in [0.1, 0.15) is 16.1 Å². The summed E-state index contributed by atoms with van der Waals surface area (Å²) < 4.78 is 3.23. The third kappa shape index (κ3) is 3.10. The van der Waals surface area contributed by atoms with Crippen molar-refractivity contribution in [3.8, 4) is 11.4 Å². The fraction of sp³-hybridized carbons (Fsp3) is 0.190. The predicted octanol–water partition coefficient (Wildman–Crippen LogP) is 2.50. The maximum absolute atomic E-state index is 12.1. The number of fused-ring (bicyclic) bond motifs is 1. The van der Waals surface area contributed by atoms with Gasteiger partial charge in [-0.05, 0) is 36.8 Å². The van der Waals surface area contributed by atoms with Crippen molar-refractivity contribution in [3.63, 3.8) is 0 Å². The average Bonchev–Trinajstić information content (AvgIpc) is 2.96. The largest absolute Gasteiger partial charge is 0.477 e. The van der Waals surface area contributed by atoms with Crippen LogP contribution in [0.5, 0.6) is 0 Å². The molecule has 0 atom stereocenters. The number of aromatic carboxylic acids is 1. The highest BCUT2D eigenvalue weighted by molar-refractivity contribution is 5.87. The lowest BCUT2D eigenvalue weighted by Gasteiger charge is -2.19. The first kappa shape index (κ1) is 19.3. The average molecular weight is 404 g/mol. The van der Waals surface area contributed by atoms with Crippen LogP contribution in [0.3, 0.4) is 0 Å². The Kier molecular flexibility index (Phi) is 4.57. The lowest BCUT2D eigenvalue weighted by Crippen LogP contribution is -2.19. The molecule has 0 spiro atoms. The molecule has 3 aromatic heterocycles. The van der Waals surface area contributed by atoms with E-state index in [2.05, 4.69) is 15.0 Å². The van der Waals surface area contributed by atoms with E-state index in [1.807, 2.05) is 30.1 Å². The monoisotopic (exact) mass is 404 g/mol. The van der Waals surface area contributed by atoms with Gasteiger partial charge in [0, 0.05) is 38.6 Å². The van der Waals surface area contributed by atoms with Crippen LogP contribution < -0.4 is 10.6 Å². The number of carboxylic acid groups (broad SMARTS) is 1. The van der Waals surface area contributed by atoms with Gasteiger partial charge in [0.05, 0.1) is 29.1 Å². The smallest absolute Gasteiger partial charge is 0.354 e. The van der Waals surface area contributed by atoms with Crippen LogP contribution in [0, 0.1) is 6.92 Å². The molecule has 0 radical (unpaired) electrons. The Morgan fingerprint density at radius 1 is 0.967 bits per heavy atom. The Morgan fingerprint density at radius 3 is 2.27 bits per heavy atom. The molecule has 0 unspecified atom stereocenters. The van der Waals surface area contributed by atoms with Crippen LogP contribution >= 0.6 is 0 Å². The first-order valence-corrected chi connectivity index (χ1v) is 9.19. The van der Waals surface area contributed by atoms with E-state index in [1.54, 1.807) is 48.6 Å². The molecule has 4 aromatic rings. The highest BCUT2D eigenvalue weighted by atomic mass is 16.4. The molecule has 0 aliphatic heterocycles. The van der Waals surface area contributed by atoms with Crippen molar-refractivity contribution in [2.24, 2.45) is 14.1 Å². The van der Waals surface area contributed by atoms with Crippen LogP contribution in [0.15, 0.2) is 47.7 Å². The van der Waals surface area contributed by atoms with Crippen molar-refractivity contribution < 1.29 is 9.90 Å². The van der Waals surface area contributed by atoms with Crippen LogP contribution in [-0.2, 0) is 14.1 Å². The number of carbonyl (C=O) groups is 1. The molecule has 0 amide bonds. The van der Waals surface area contributed by atoms with Crippen LogP contribution in [0.25, 0.3) is 22.4 Å². The van der Waals surface area contributed by atoms with Crippen LogP contribution in [0.2, 0.25) is 0 Å². The Bertz CT molecular complexity index is 1340. The predicted molar refractivity (Wildman–Crippen MR) is 113 cm³/mol. The number of anilines is 2. The molecule has 30 heavy (non-hydrogen) atoms. The highest BCUT2D eigenvalue weighted by Gasteiger charge is 2.13. The zero-order chi connectivity index (χ0) is 21.6. The minimum atomic E-state index is -1.06. The Labute approximate surface area is 171 Å². The van der Waals surface area contributed by atoms with E-state index < -0.39 is 5.97 Å². The van der Waals surface area contributed by atoms with Crippen molar-refractivity contribution in [3.05, 3.63) is 64.6 Å². The van der Waals surface area contributed by atoms with E-state index in [0.29, 0.717) is 17.0 Å². The first-order chi connectivity index (χ1) is 14.3. The maximum Gasteiger partial charge on any atom is 0.354 e. The quantitative estimate of drug-likeness (QED) is 0.557. The summed E-state index contributed by atoms with van der Waals surface area (Å²) in [4.78, 5) is 38.0. The van der Waals surface area contributed by atoms with Crippen LogP contribution in [0.4, 0.5) is 11.4 Å². The number of benzene rings is 1. The van der Waals surface area contributed by atoms with Gasteiger partial charge in [0.25, 0.3) is 0 Å². The Morgan fingerprint density at radius 2 is 1.63 bits per heavy atom. The molecule has 0 aliphatic carbocycles. The summed E-state index contributed by atoms with van der Waals surface area (Å²) >= 11 is 0. The molecule has 0 saturated heterocycles. The topological polar surface area (TPSA) is 106 Å². The SMILES string of the molecule is Cc1cc(-c2ncc(N(C)c3ccc4c(c3)n(C)c(=O)n4C)cn2)cnc1C(=O)O. The molecule has 1 aromatic carbocycles. The molecule has 9 heteroatoms. The fourth-order valence-corrected chi connectivity index (χ4v) is 3.42. The number of pyridine rings is 1. The van der Waals surface area contributed by atoms with E-state index in [0.717, 1.165) is 22.4 Å². The molecule has 0 aliphatic rings. The van der Waals surface area contributed by atoms with Gasteiger partial charge in [-0.1, -0.05) is 0 Å². The number of aromatic nitrogens is 5. The second-order valence-electron chi connectivity index (χ2n) is 7.09. The number of hydrogen-bond donors (Lipinski definition) is 1. The van der Waals surface area contributed by atoms with Crippen molar-refractivity contribution >= 4 is 28.4 Å². The van der Waals surface area contributed by atoms with E-state index in [4.69, 9.17) is 5.11 Å². The number of hydrogen-bond acceptors (Lipinski definition) is 6. The lowest BCUT2D eigenvalue weighted by atomic mass is 10.1. The molecule has 0 bridgehead atoms. The zero-order valence-electron chi connectivity index (χ0n) is 17.0. The van der Waals surface area contributed by atoms with Crippen molar-refractivity contribution in [2.75, 3.05) is 11.9 Å². The Balaban J connectivity index is 1.65. The van der Waals surface area contributed by atoms with Gasteiger partial charge in [0.1, 0.15) is 0 Å². The summed E-state index contributed by atoms with van der Waals surface area (Å²) in [7, 11) is 5.39. The van der Waals surface area contributed by atoms with Gasteiger partial charge in [0.2, 0.25) is 0 Å². The second-order valence-corrected chi connectivity index (χ2v) is 7.09. The van der Waals surface area contributed by atoms with E-state index in [-0.39, 0.29) is 11.4 Å². The van der Waals surface area contributed by atoms with Gasteiger partial charge in [-0.25, -0.2) is 24.5 Å². The summed E-state index contributed by atoms with van der Waals surface area (Å²) in [5.41, 5.74) is 4.49. The van der Waals surface area contributed by atoms with Gasteiger partial charge < -0.3 is 10.0 Å². The number of imidazole rings is 1. The molecule has 3 heterocycles. The molecular weight excluding hydrogens is 384 g/mol. The molecule has 0 saturated carbocycles. The maximum atomic E-state index is 12.1. The van der Waals surface area contributed by atoms with E-state index in [9.17, 15) is 9.59 Å².